The maximum absolute atomic E-state index is 13.7. The molecule has 8 heteroatoms. The van der Waals surface area contributed by atoms with Crippen LogP contribution < -0.4 is 9.62 Å². The van der Waals surface area contributed by atoms with E-state index in [4.69, 9.17) is 0 Å². The third kappa shape index (κ3) is 7.06. The summed E-state index contributed by atoms with van der Waals surface area (Å²) in [4.78, 5) is 28.1. The van der Waals surface area contributed by atoms with E-state index in [1.807, 2.05) is 77.1 Å². The van der Waals surface area contributed by atoms with Crippen molar-refractivity contribution in [1.29, 1.82) is 0 Å². The van der Waals surface area contributed by atoms with Gasteiger partial charge in [0.1, 0.15) is 12.6 Å². The summed E-state index contributed by atoms with van der Waals surface area (Å²) < 4.78 is 26.7. The topological polar surface area (TPSA) is 86.8 Å². The zero-order valence-electron chi connectivity index (χ0n) is 21.1. The van der Waals surface area contributed by atoms with Gasteiger partial charge in [-0.2, -0.15) is 0 Å². The van der Waals surface area contributed by atoms with E-state index in [2.05, 4.69) is 5.32 Å². The molecule has 1 atom stereocenters. The second kappa shape index (κ2) is 12.0. The zero-order chi connectivity index (χ0) is 25.5. The Labute approximate surface area is 204 Å². The molecule has 0 spiro atoms. The summed E-state index contributed by atoms with van der Waals surface area (Å²) in [6.07, 6.45) is 2.29. The van der Waals surface area contributed by atoms with Crippen molar-refractivity contribution in [3.05, 3.63) is 64.7 Å². The second-order valence-electron chi connectivity index (χ2n) is 8.73. The fourth-order valence-electron chi connectivity index (χ4n) is 3.95. The fraction of sp³-hybridized carbons (Fsp3) is 0.462. The lowest BCUT2D eigenvalue weighted by Crippen LogP contribution is -2.52. The summed E-state index contributed by atoms with van der Waals surface area (Å²) in [6.45, 7) is 9.78. The van der Waals surface area contributed by atoms with Gasteiger partial charge in [-0.25, -0.2) is 8.42 Å². The quantitative estimate of drug-likeness (QED) is 0.523. The largest absolute Gasteiger partial charge is 0.354 e. The van der Waals surface area contributed by atoms with Crippen molar-refractivity contribution >= 4 is 27.5 Å². The molecule has 0 aliphatic carbocycles. The van der Waals surface area contributed by atoms with E-state index in [9.17, 15) is 18.0 Å². The number of hydrogen-bond acceptors (Lipinski definition) is 4. The van der Waals surface area contributed by atoms with Crippen LogP contribution in [-0.4, -0.2) is 50.5 Å². The summed E-state index contributed by atoms with van der Waals surface area (Å²) in [5.41, 5.74) is 3.98. The molecular weight excluding hydrogens is 450 g/mol. The Kier molecular flexibility index (Phi) is 9.67. The Balaban J connectivity index is 2.47. The van der Waals surface area contributed by atoms with Crippen LogP contribution in [0.5, 0.6) is 0 Å². The molecule has 0 aliphatic rings. The summed E-state index contributed by atoms with van der Waals surface area (Å²) in [6, 6.07) is 12.5. The van der Waals surface area contributed by atoms with Crippen LogP contribution in [0.25, 0.3) is 0 Å². The normalized spacial score (nSPS) is 12.2. The van der Waals surface area contributed by atoms with Gasteiger partial charge in [-0.05, 0) is 50.3 Å². The maximum atomic E-state index is 13.7. The van der Waals surface area contributed by atoms with Crippen molar-refractivity contribution in [2.45, 2.75) is 60.0 Å². The van der Waals surface area contributed by atoms with Gasteiger partial charge in [0, 0.05) is 13.1 Å². The number of nitrogens with zero attached hydrogens (tertiary/aromatic N) is 2. The molecule has 0 bridgehead atoms. The van der Waals surface area contributed by atoms with Gasteiger partial charge >= 0.3 is 0 Å². The third-order valence-corrected chi connectivity index (χ3v) is 6.89. The molecule has 0 heterocycles. The highest BCUT2D eigenvalue weighted by atomic mass is 32.2. The molecule has 0 saturated heterocycles. The van der Waals surface area contributed by atoms with Gasteiger partial charge in [0.25, 0.3) is 0 Å². The molecule has 34 heavy (non-hydrogen) atoms. The van der Waals surface area contributed by atoms with Crippen molar-refractivity contribution in [3.8, 4) is 0 Å². The molecule has 0 aliphatic heterocycles. The van der Waals surface area contributed by atoms with Gasteiger partial charge in [0.2, 0.25) is 21.8 Å². The van der Waals surface area contributed by atoms with Gasteiger partial charge in [-0.1, -0.05) is 61.9 Å². The van der Waals surface area contributed by atoms with E-state index in [0.29, 0.717) is 18.7 Å². The number of hydrogen-bond donors (Lipinski definition) is 1. The molecule has 0 fully saturated rings. The van der Waals surface area contributed by atoms with Crippen LogP contribution in [0.15, 0.2) is 42.5 Å². The average molecular weight is 488 g/mol. The number of sulfonamides is 1. The minimum Gasteiger partial charge on any atom is -0.354 e. The Morgan fingerprint density at radius 3 is 2.06 bits per heavy atom. The number of nitrogens with one attached hydrogen (secondary N) is 1. The lowest BCUT2D eigenvalue weighted by Gasteiger charge is -2.33. The molecule has 0 unspecified atom stereocenters. The zero-order valence-corrected chi connectivity index (χ0v) is 21.9. The third-order valence-electron chi connectivity index (χ3n) is 5.78. The Morgan fingerprint density at radius 2 is 1.56 bits per heavy atom. The van der Waals surface area contributed by atoms with Crippen LogP contribution >= 0.6 is 0 Å². The Bertz CT molecular complexity index is 1080. The molecule has 2 aromatic carbocycles. The smallest absolute Gasteiger partial charge is 0.244 e. The van der Waals surface area contributed by atoms with E-state index in [0.717, 1.165) is 39.2 Å². The maximum Gasteiger partial charge on any atom is 0.244 e. The molecule has 0 saturated carbocycles. The number of carbonyl (C=O) groups excluding carboxylic acids is 2. The molecule has 0 radical (unpaired) electrons. The molecule has 2 rings (SSSR count). The number of carbonyl (C=O) groups is 2. The number of rotatable bonds is 11. The van der Waals surface area contributed by atoms with Crippen molar-refractivity contribution in [1.82, 2.24) is 10.2 Å². The van der Waals surface area contributed by atoms with Crippen LogP contribution in [-0.2, 0) is 26.2 Å². The molecule has 2 amide bonds. The van der Waals surface area contributed by atoms with Gasteiger partial charge in [0.15, 0.2) is 0 Å². The number of para-hydroxylation sites is 1. The summed E-state index contributed by atoms with van der Waals surface area (Å²) in [7, 11) is -3.75. The molecule has 0 aromatic heterocycles. The van der Waals surface area contributed by atoms with Crippen molar-refractivity contribution in [2.75, 3.05) is 23.7 Å². The monoisotopic (exact) mass is 487 g/mol. The predicted molar refractivity (Wildman–Crippen MR) is 137 cm³/mol. The highest BCUT2D eigenvalue weighted by Crippen LogP contribution is 2.27. The van der Waals surface area contributed by atoms with Crippen LogP contribution in [0.4, 0.5) is 5.69 Å². The van der Waals surface area contributed by atoms with E-state index in [-0.39, 0.29) is 19.0 Å². The average Bonchev–Trinajstić information content (AvgIpc) is 2.77. The first-order valence-corrected chi connectivity index (χ1v) is 13.5. The van der Waals surface area contributed by atoms with Gasteiger partial charge < -0.3 is 10.2 Å². The lowest BCUT2D eigenvalue weighted by molar-refractivity contribution is -0.140. The van der Waals surface area contributed by atoms with Crippen LogP contribution in [0.3, 0.4) is 0 Å². The Morgan fingerprint density at radius 1 is 0.971 bits per heavy atom. The molecule has 7 nitrogen and oxygen atoms in total. The second-order valence-corrected chi connectivity index (χ2v) is 10.6. The van der Waals surface area contributed by atoms with E-state index >= 15 is 0 Å². The van der Waals surface area contributed by atoms with Crippen LogP contribution in [0.1, 0.15) is 48.9 Å². The summed E-state index contributed by atoms with van der Waals surface area (Å²) >= 11 is 0. The fourth-order valence-corrected chi connectivity index (χ4v) is 4.92. The number of aryl methyl sites for hydroxylation is 3. The van der Waals surface area contributed by atoms with Gasteiger partial charge in [-0.3, -0.25) is 13.9 Å². The van der Waals surface area contributed by atoms with Crippen LogP contribution in [0, 0.1) is 20.8 Å². The molecular formula is C26H37N3O4S. The molecule has 2 aromatic rings. The predicted octanol–water partition coefficient (Wildman–Crippen LogP) is 3.71. The first-order chi connectivity index (χ1) is 16.0. The van der Waals surface area contributed by atoms with Gasteiger partial charge in [0.05, 0.1) is 11.9 Å². The van der Waals surface area contributed by atoms with Gasteiger partial charge in [-0.15, -0.1) is 0 Å². The lowest BCUT2D eigenvalue weighted by atomic mass is 10.1. The van der Waals surface area contributed by atoms with Crippen molar-refractivity contribution < 1.29 is 18.0 Å². The van der Waals surface area contributed by atoms with E-state index < -0.39 is 22.0 Å². The SMILES string of the molecule is CCCNC(=O)[C@H](CC)N(Cc1ccc(C)cc1)C(=O)CN(c1c(C)cccc1C)S(C)(=O)=O. The minimum atomic E-state index is -3.75. The molecule has 1 N–H and O–H groups in total. The first kappa shape index (κ1) is 27.4. The standard InChI is InChI=1S/C26H37N3O4S/c1-7-16-27-26(31)23(8-2)28(17-22-14-12-19(3)13-15-22)24(30)18-29(34(6,32)33)25-20(4)10-9-11-21(25)5/h9-15,23H,7-8,16-18H2,1-6H3,(H,27,31)/t23-/m0/s1. The highest BCUT2D eigenvalue weighted by Gasteiger charge is 2.32. The van der Waals surface area contributed by atoms with E-state index in [1.54, 1.807) is 0 Å². The molecule has 186 valence electrons. The number of amides is 2. The van der Waals surface area contributed by atoms with E-state index in [1.165, 1.54) is 4.90 Å². The number of benzene rings is 2. The van der Waals surface area contributed by atoms with Crippen LogP contribution in [0.2, 0.25) is 0 Å². The summed E-state index contributed by atoms with van der Waals surface area (Å²) in [5.74, 6) is -0.657. The Hall–Kier alpha value is -2.87. The highest BCUT2D eigenvalue weighted by molar-refractivity contribution is 7.92. The first-order valence-electron chi connectivity index (χ1n) is 11.7. The summed E-state index contributed by atoms with van der Waals surface area (Å²) in [5, 5.41) is 2.88. The number of anilines is 1. The van der Waals surface area contributed by atoms with Crippen molar-refractivity contribution in [2.24, 2.45) is 0 Å². The van der Waals surface area contributed by atoms with Crippen molar-refractivity contribution in [3.63, 3.8) is 0 Å². The minimum absolute atomic E-state index is 0.210.